The van der Waals surface area contributed by atoms with E-state index in [0.29, 0.717) is 19.4 Å². The smallest absolute Gasteiger partial charge is 0.303 e. The summed E-state index contributed by atoms with van der Waals surface area (Å²) in [5.41, 5.74) is 0. The molecule has 0 aromatic rings. The van der Waals surface area contributed by atoms with Crippen LogP contribution < -0.4 is 4.72 Å². The Morgan fingerprint density at radius 2 is 1.81 bits per heavy atom. The van der Waals surface area contributed by atoms with Gasteiger partial charge in [-0.3, -0.25) is 4.79 Å². The Morgan fingerprint density at radius 3 is 2.38 bits per heavy atom. The zero-order valence-corrected chi connectivity index (χ0v) is 10.6. The Morgan fingerprint density at radius 1 is 1.19 bits per heavy atom. The number of carbonyl (C=O) groups is 1. The van der Waals surface area contributed by atoms with E-state index in [1.165, 1.54) is 0 Å². The van der Waals surface area contributed by atoms with E-state index in [1.807, 2.05) is 6.92 Å². The summed E-state index contributed by atoms with van der Waals surface area (Å²) >= 11 is 0. The lowest BCUT2D eigenvalue weighted by atomic mass is 10.1. The average Bonchev–Trinajstić information content (AvgIpc) is 2.15. The molecule has 0 fully saturated rings. The van der Waals surface area contributed by atoms with Crippen molar-refractivity contribution in [3.05, 3.63) is 0 Å². The largest absolute Gasteiger partial charge is 0.481 e. The minimum atomic E-state index is -3.08. The van der Waals surface area contributed by atoms with Crippen LogP contribution in [0, 0.1) is 0 Å². The Hall–Kier alpha value is -0.620. The number of hydrogen-bond donors (Lipinski definition) is 2. The lowest BCUT2D eigenvalue weighted by molar-refractivity contribution is -0.137. The third kappa shape index (κ3) is 9.92. The van der Waals surface area contributed by atoms with Gasteiger partial charge >= 0.3 is 5.97 Å². The lowest BCUT2D eigenvalue weighted by Gasteiger charge is -2.04. The van der Waals surface area contributed by atoms with Crippen molar-refractivity contribution in [2.45, 2.75) is 45.4 Å². The molecule has 16 heavy (non-hydrogen) atoms. The molecule has 96 valence electrons. The first kappa shape index (κ1) is 15.4. The van der Waals surface area contributed by atoms with E-state index in [0.717, 1.165) is 19.3 Å². The number of aliphatic carboxylic acids is 1. The van der Waals surface area contributed by atoms with Gasteiger partial charge in [-0.05, 0) is 19.3 Å². The van der Waals surface area contributed by atoms with Gasteiger partial charge in [0.15, 0.2) is 0 Å². The van der Waals surface area contributed by atoms with Crippen LogP contribution in [0.15, 0.2) is 0 Å². The van der Waals surface area contributed by atoms with E-state index < -0.39 is 16.0 Å². The zero-order valence-electron chi connectivity index (χ0n) is 9.74. The molecule has 0 atom stereocenters. The summed E-state index contributed by atoms with van der Waals surface area (Å²) < 4.78 is 25.0. The van der Waals surface area contributed by atoms with Crippen LogP contribution in [0.3, 0.4) is 0 Å². The molecule has 0 radical (unpaired) electrons. The molecule has 0 aliphatic carbocycles. The Kier molecular flexibility index (Phi) is 8.19. The third-order valence-corrected chi connectivity index (χ3v) is 3.70. The van der Waals surface area contributed by atoms with Crippen molar-refractivity contribution in [3.8, 4) is 0 Å². The number of hydrogen-bond acceptors (Lipinski definition) is 3. The molecule has 0 aliphatic rings. The van der Waals surface area contributed by atoms with Crippen molar-refractivity contribution in [2.24, 2.45) is 0 Å². The minimum absolute atomic E-state index is 0.173. The minimum Gasteiger partial charge on any atom is -0.481 e. The molecular weight excluding hydrogens is 230 g/mol. The van der Waals surface area contributed by atoms with Gasteiger partial charge in [-0.1, -0.05) is 19.8 Å². The summed E-state index contributed by atoms with van der Waals surface area (Å²) in [6.07, 6.45) is 3.94. The van der Waals surface area contributed by atoms with E-state index in [4.69, 9.17) is 5.11 Å². The number of unbranched alkanes of at least 4 members (excludes halogenated alkanes) is 3. The molecule has 0 heterocycles. The first-order valence-corrected chi connectivity index (χ1v) is 7.32. The van der Waals surface area contributed by atoms with Crippen LogP contribution in [0.2, 0.25) is 0 Å². The number of carboxylic acids is 1. The fourth-order valence-corrected chi connectivity index (χ4v) is 2.46. The standard InChI is InChI=1S/C10H21NO4S/c1-2-9-16(14,15)11-8-6-4-3-5-7-10(12)13/h11H,2-9H2,1H3,(H,12,13). The second kappa shape index (κ2) is 8.52. The average molecular weight is 251 g/mol. The van der Waals surface area contributed by atoms with Crippen LogP contribution in [-0.4, -0.2) is 31.8 Å². The van der Waals surface area contributed by atoms with Crippen LogP contribution in [0.1, 0.15) is 45.4 Å². The molecule has 0 aromatic carbocycles. The molecule has 0 saturated heterocycles. The monoisotopic (exact) mass is 251 g/mol. The molecule has 0 saturated carbocycles. The molecule has 0 aliphatic heterocycles. The molecule has 6 heteroatoms. The maximum atomic E-state index is 11.2. The van der Waals surface area contributed by atoms with Gasteiger partial charge in [0.1, 0.15) is 0 Å². The SMILES string of the molecule is CCCS(=O)(=O)NCCCCCCC(=O)O. The Balaban J connectivity index is 3.37. The topological polar surface area (TPSA) is 83.5 Å². The highest BCUT2D eigenvalue weighted by Gasteiger charge is 2.06. The highest BCUT2D eigenvalue weighted by molar-refractivity contribution is 7.89. The van der Waals surface area contributed by atoms with Crippen molar-refractivity contribution >= 4 is 16.0 Å². The fraction of sp³-hybridized carbons (Fsp3) is 0.900. The number of sulfonamides is 1. The van der Waals surface area contributed by atoms with Crippen molar-refractivity contribution in [2.75, 3.05) is 12.3 Å². The van der Waals surface area contributed by atoms with Gasteiger partial charge in [-0.2, -0.15) is 0 Å². The quantitative estimate of drug-likeness (QED) is 0.574. The summed E-state index contributed by atoms with van der Waals surface area (Å²) in [6.45, 7) is 2.28. The Bertz CT molecular complexity index is 287. The molecule has 0 rings (SSSR count). The first-order valence-electron chi connectivity index (χ1n) is 5.67. The molecule has 0 amide bonds. The van der Waals surface area contributed by atoms with Gasteiger partial charge in [0.05, 0.1) is 5.75 Å². The highest BCUT2D eigenvalue weighted by atomic mass is 32.2. The van der Waals surface area contributed by atoms with Crippen LogP contribution in [0.4, 0.5) is 0 Å². The van der Waals surface area contributed by atoms with Crippen LogP contribution in [-0.2, 0) is 14.8 Å². The van der Waals surface area contributed by atoms with E-state index in [2.05, 4.69) is 4.72 Å². The molecule has 0 unspecified atom stereocenters. The number of rotatable bonds is 10. The summed E-state index contributed by atoms with van der Waals surface area (Å²) in [7, 11) is -3.08. The predicted molar refractivity (Wildman–Crippen MR) is 62.8 cm³/mol. The van der Waals surface area contributed by atoms with Gasteiger partial charge in [0, 0.05) is 13.0 Å². The van der Waals surface area contributed by atoms with Crippen molar-refractivity contribution in [1.82, 2.24) is 4.72 Å². The second-order valence-corrected chi connectivity index (χ2v) is 5.70. The van der Waals surface area contributed by atoms with Crippen LogP contribution in [0.5, 0.6) is 0 Å². The van der Waals surface area contributed by atoms with Gasteiger partial charge in [-0.25, -0.2) is 13.1 Å². The number of carboxylic acid groups (broad SMARTS) is 1. The highest BCUT2D eigenvalue weighted by Crippen LogP contribution is 2.02. The number of nitrogens with one attached hydrogen (secondary N) is 1. The van der Waals surface area contributed by atoms with Crippen molar-refractivity contribution < 1.29 is 18.3 Å². The van der Waals surface area contributed by atoms with E-state index in [1.54, 1.807) is 0 Å². The maximum Gasteiger partial charge on any atom is 0.303 e. The molecular formula is C10H21NO4S. The van der Waals surface area contributed by atoms with Crippen LogP contribution in [0.25, 0.3) is 0 Å². The molecule has 0 aromatic heterocycles. The first-order chi connectivity index (χ1) is 7.48. The summed E-state index contributed by atoms with van der Waals surface area (Å²) in [5.74, 6) is -0.602. The van der Waals surface area contributed by atoms with Crippen molar-refractivity contribution in [1.29, 1.82) is 0 Å². The van der Waals surface area contributed by atoms with Gasteiger partial charge in [-0.15, -0.1) is 0 Å². The summed E-state index contributed by atoms with van der Waals surface area (Å²) in [6, 6.07) is 0. The van der Waals surface area contributed by atoms with E-state index in [-0.39, 0.29) is 12.2 Å². The molecule has 2 N–H and O–H groups in total. The zero-order chi connectivity index (χ0) is 12.4. The predicted octanol–water partition coefficient (Wildman–Crippen LogP) is 1.35. The van der Waals surface area contributed by atoms with E-state index >= 15 is 0 Å². The molecule has 0 spiro atoms. The normalized spacial score (nSPS) is 11.6. The van der Waals surface area contributed by atoms with Crippen molar-refractivity contribution in [3.63, 3.8) is 0 Å². The fourth-order valence-electron chi connectivity index (χ4n) is 1.32. The third-order valence-electron chi connectivity index (χ3n) is 2.11. The summed E-state index contributed by atoms with van der Waals surface area (Å²) in [5, 5.41) is 8.39. The molecule has 0 bridgehead atoms. The van der Waals surface area contributed by atoms with Gasteiger partial charge < -0.3 is 5.11 Å². The van der Waals surface area contributed by atoms with Gasteiger partial charge in [0.25, 0.3) is 0 Å². The Labute approximate surface area is 97.3 Å². The van der Waals surface area contributed by atoms with Crippen LogP contribution >= 0.6 is 0 Å². The molecule has 5 nitrogen and oxygen atoms in total. The summed E-state index contributed by atoms with van der Waals surface area (Å²) in [4.78, 5) is 10.2. The lowest BCUT2D eigenvalue weighted by Crippen LogP contribution is -2.27. The van der Waals surface area contributed by atoms with E-state index in [9.17, 15) is 13.2 Å². The maximum absolute atomic E-state index is 11.2. The second-order valence-electron chi connectivity index (χ2n) is 3.77. The van der Waals surface area contributed by atoms with Gasteiger partial charge in [0.2, 0.25) is 10.0 Å².